The van der Waals surface area contributed by atoms with Crippen molar-refractivity contribution in [3.63, 3.8) is 0 Å². The molecule has 0 unspecified atom stereocenters. The summed E-state index contributed by atoms with van der Waals surface area (Å²) >= 11 is 0. The lowest BCUT2D eigenvalue weighted by Gasteiger charge is -2.19. The van der Waals surface area contributed by atoms with Gasteiger partial charge in [0.1, 0.15) is 11.6 Å². The van der Waals surface area contributed by atoms with Gasteiger partial charge in [0.15, 0.2) is 0 Å². The average Bonchev–Trinajstić information content (AvgIpc) is 3.33. The minimum atomic E-state index is -0.119. The molecule has 0 aliphatic carbocycles. The van der Waals surface area contributed by atoms with Gasteiger partial charge in [-0.2, -0.15) is 5.10 Å². The number of aryl methyl sites for hydroxylation is 1. The summed E-state index contributed by atoms with van der Waals surface area (Å²) in [5, 5.41) is 7.57. The van der Waals surface area contributed by atoms with Gasteiger partial charge in [0.25, 0.3) is 0 Å². The van der Waals surface area contributed by atoms with Gasteiger partial charge in [-0.05, 0) is 37.5 Å². The Morgan fingerprint density at radius 1 is 1.15 bits per heavy atom. The van der Waals surface area contributed by atoms with E-state index in [4.69, 9.17) is 4.42 Å². The lowest BCUT2D eigenvalue weighted by atomic mass is 9.93. The third-order valence-corrected chi connectivity index (χ3v) is 5.00. The van der Waals surface area contributed by atoms with Gasteiger partial charge >= 0.3 is 0 Å². The Labute approximate surface area is 160 Å². The molecule has 1 N–H and O–H groups in total. The quantitative estimate of drug-likeness (QED) is 0.589. The second kappa shape index (κ2) is 8.71. The first-order valence-corrected chi connectivity index (χ1v) is 9.56. The third kappa shape index (κ3) is 4.30. The molecule has 0 radical (unpaired) electrons. The summed E-state index contributed by atoms with van der Waals surface area (Å²) < 4.78 is 7.55. The number of amides is 1. The highest BCUT2D eigenvalue weighted by Crippen LogP contribution is 2.30. The average molecular weight is 365 g/mol. The maximum atomic E-state index is 12.9. The van der Waals surface area contributed by atoms with E-state index in [1.807, 2.05) is 60.3 Å². The van der Waals surface area contributed by atoms with E-state index >= 15 is 0 Å². The van der Waals surface area contributed by atoms with E-state index in [-0.39, 0.29) is 17.9 Å². The lowest BCUT2D eigenvalue weighted by molar-refractivity contribution is -0.116. The minimum Gasteiger partial charge on any atom is -0.469 e. The van der Waals surface area contributed by atoms with E-state index in [0.29, 0.717) is 6.42 Å². The zero-order chi connectivity index (χ0) is 19.2. The largest absolute Gasteiger partial charge is 0.469 e. The zero-order valence-corrected chi connectivity index (χ0v) is 16.2. The van der Waals surface area contributed by atoms with Crippen molar-refractivity contribution < 1.29 is 9.21 Å². The standard InChI is InChI=1S/C22H27N3O2/c1-4-18(5-2)25-22(16(3)15-23-25)24-21(26)14-19(20-12-9-13-27-20)17-10-7-6-8-11-17/h6-13,15,18-19H,4-5,14H2,1-3H3,(H,24,26)/t19-/m0/s1. The summed E-state index contributed by atoms with van der Waals surface area (Å²) in [5.74, 6) is 1.42. The molecule has 3 rings (SSSR count). The van der Waals surface area contributed by atoms with Gasteiger partial charge in [-0.1, -0.05) is 44.2 Å². The van der Waals surface area contributed by atoms with Gasteiger partial charge in [-0.15, -0.1) is 0 Å². The number of rotatable bonds is 8. The second-order valence-electron chi connectivity index (χ2n) is 6.82. The number of carbonyl (C=O) groups excluding carboxylic acids is 1. The van der Waals surface area contributed by atoms with Crippen molar-refractivity contribution in [3.05, 3.63) is 71.8 Å². The summed E-state index contributed by atoms with van der Waals surface area (Å²) in [5.41, 5.74) is 2.04. The van der Waals surface area contributed by atoms with Crippen LogP contribution in [0.25, 0.3) is 0 Å². The summed E-state index contributed by atoms with van der Waals surface area (Å²) in [6.45, 7) is 6.25. The van der Waals surface area contributed by atoms with Crippen molar-refractivity contribution in [3.8, 4) is 0 Å². The normalized spacial score (nSPS) is 12.3. The van der Waals surface area contributed by atoms with Crippen LogP contribution in [0.2, 0.25) is 0 Å². The van der Waals surface area contributed by atoms with Gasteiger partial charge in [0, 0.05) is 12.0 Å². The molecule has 5 nitrogen and oxygen atoms in total. The molecule has 0 aliphatic rings. The molecule has 0 aliphatic heterocycles. The summed E-state index contributed by atoms with van der Waals surface area (Å²) in [6, 6.07) is 14.1. The zero-order valence-electron chi connectivity index (χ0n) is 16.2. The second-order valence-corrected chi connectivity index (χ2v) is 6.82. The van der Waals surface area contributed by atoms with Gasteiger partial charge in [-0.3, -0.25) is 4.79 Å². The molecule has 5 heteroatoms. The molecule has 1 atom stereocenters. The first kappa shape index (κ1) is 19.0. The predicted molar refractivity (Wildman–Crippen MR) is 107 cm³/mol. The number of anilines is 1. The Bertz CT molecular complexity index is 849. The summed E-state index contributed by atoms with van der Waals surface area (Å²) in [7, 11) is 0. The van der Waals surface area contributed by atoms with E-state index in [1.165, 1.54) is 0 Å². The monoisotopic (exact) mass is 365 g/mol. The van der Waals surface area contributed by atoms with Crippen LogP contribution in [-0.2, 0) is 4.79 Å². The van der Waals surface area contributed by atoms with Gasteiger partial charge in [-0.25, -0.2) is 4.68 Å². The maximum Gasteiger partial charge on any atom is 0.226 e. The van der Waals surface area contributed by atoms with Crippen LogP contribution in [0.1, 0.15) is 62.0 Å². The van der Waals surface area contributed by atoms with Crippen molar-refractivity contribution >= 4 is 11.7 Å². The molecule has 142 valence electrons. The molecule has 27 heavy (non-hydrogen) atoms. The number of hydrogen-bond acceptors (Lipinski definition) is 3. The van der Waals surface area contributed by atoms with Gasteiger partial charge < -0.3 is 9.73 Å². The Kier molecular flexibility index (Phi) is 6.12. The molecular weight excluding hydrogens is 338 g/mol. The third-order valence-electron chi connectivity index (χ3n) is 5.00. The molecule has 1 amide bonds. The van der Waals surface area contributed by atoms with E-state index in [2.05, 4.69) is 24.3 Å². The van der Waals surface area contributed by atoms with Crippen molar-refractivity contribution in [1.29, 1.82) is 0 Å². The van der Waals surface area contributed by atoms with E-state index in [9.17, 15) is 4.79 Å². The highest BCUT2D eigenvalue weighted by molar-refractivity contribution is 5.91. The number of nitrogens with one attached hydrogen (secondary N) is 1. The van der Waals surface area contributed by atoms with Crippen LogP contribution in [0.3, 0.4) is 0 Å². The number of nitrogens with zero attached hydrogens (tertiary/aromatic N) is 2. The van der Waals surface area contributed by atoms with Crippen LogP contribution in [0.4, 0.5) is 5.82 Å². The molecule has 0 bridgehead atoms. The summed E-state index contributed by atoms with van der Waals surface area (Å²) in [4.78, 5) is 12.9. The predicted octanol–water partition coefficient (Wildman–Crippen LogP) is 5.31. The number of carbonyl (C=O) groups is 1. The number of aromatic nitrogens is 2. The number of hydrogen-bond donors (Lipinski definition) is 1. The van der Waals surface area contributed by atoms with E-state index in [0.717, 1.165) is 35.5 Å². The SMILES string of the molecule is CCC(CC)n1ncc(C)c1NC(=O)C[C@@H](c1ccccc1)c1ccco1. The Morgan fingerprint density at radius 2 is 1.89 bits per heavy atom. The van der Waals surface area contributed by atoms with Crippen LogP contribution in [0.5, 0.6) is 0 Å². The van der Waals surface area contributed by atoms with Crippen LogP contribution in [0.15, 0.2) is 59.3 Å². The highest BCUT2D eigenvalue weighted by atomic mass is 16.3. The molecule has 0 saturated heterocycles. The van der Waals surface area contributed by atoms with Crippen LogP contribution in [0, 0.1) is 6.92 Å². The van der Waals surface area contributed by atoms with E-state index in [1.54, 1.807) is 6.26 Å². The Hall–Kier alpha value is -2.82. The number of furan rings is 1. The van der Waals surface area contributed by atoms with Crippen molar-refractivity contribution in [2.24, 2.45) is 0 Å². The molecule has 0 fully saturated rings. The lowest BCUT2D eigenvalue weighted by Crippen LogP contribution is -2.21. The van der Waals surface area contributed by atoms with Crippen LogP contribution in [-0.4, -0.2) is 15.7 Å². The summed E-state index contributed by atoms with van der Waals surface area (Å²) in [6.07, 6.45) is 5.72. The highest BCUT2D eigenvalue weighted by Gasteiger charge is 2.23. The molecule has 2 aromatic heterocycles. The van der Waals surface area contributed by atoms with Crippen molar-refractivity contribution in [1.82, 2.24) is 9.78 Å². The topological polar surface area (TPSA) is 60.1 Å². The molecule has 0 saturated carbocycles. The molecule has 3 aromatic rings. The fraction of sp³-hybridized carbons (Fsp3) is 0.364. The number of benzene rings is 1. The van der Waals surface area contributed by atoms with Gasteiger partial charge in [0.05, 0.1) is 24.4 Å². The van der Waals surface area contributed by atoms with Crippen molar-refractivity contribution in [2.45, 2.75) is 52.0 Å². The maximum absolute atomic E-state index is 12.9. The Morgan fingerprint density at radius 3 is 2.52 bits per heavy atom. The molecule has 1 aromatic carbocycles. The molecular formula is C22H27N3O2. The van der Waals surface area contributed by atoms with Crippen molar-refractivity contribution in [2.75, 3.05) is 5.32 Å². The Balaban J connectivity index is 1.81. The first-order chi connectivity index (χ1) is 13.1. The first-order valence-electron chi connectivity index (χ1n) is 9.56. The van der Waals surface area contributed by atoms with Crippen LogP contribution < -0.4 is 5.32 Å². The van der Waals surface area contributed by atoms with Gasteiger partial charge in [0.2, 0.25) is 5.91 Å². The van der Waals surface area contributed by atoms with E-state index < -0.39 is 0 Å². The fourth-order valence-corrected chi connectivity index (χ4v) is 3.44. The fourth-order valence-electron chi connectivity index (χ4n) is 3.44. The minimum absolute atomic E-state index is 0.0453. The molecule has 2 heterocycles. The van der Waals surface area contributed by atoms with Crippen LogP contribution >= 0.6 is 0 Å². The molecule has 0 spiro atoms. The smallest absolute Gasteiger partial charge is 0.226 e.